The first-order valence-electron chi connectivity index (χ1n) is 6.03. The zero-order valence-corrected chi connectivity index (χ0v) is 11.7. The third kappa shape index (κ3) is 2.90. The Morgan fingerprint density at radius 3 is 2.89 bits per heavy atom. The van der Waals surface area contributed by atoms with Crippen LogP contribution in [0.25, 0.3) is 0 Å². The Kier molecular flexibility index (Phi) is 3.74. The third-order valence-corrected chi connectivity index (χ3v) is 4.96. The SMILES string of the molecule is Cc1cc(CS(=O)(=O)N2CC(C)NCC2C)no1. The summed E-state index contributed by atoms with van der Waals surface area (Å²) in [5, 5.41) is 7.00. The van der Waals surface area contributed by atoms with Crippen molar-refractivity contribution in [2.24, 2.45) is 0 Å². The number of rotatable bonds is 3. The van der Waals surface area contributed by atoms with Crippen LogP contribution in [0.5, 0.6) is 0 Å². The first-order chi connectivity index (χ1) is 8.38. The van der Waals surface area contributed by atoms with Crippen LogP contribution in [0, 0.1) is 6.92 Å². The van der Waals surface area contributed by atoms with Gasteiger partial charge < -0.3 is 9.84 Å². The fourth-order valence-corrected chi connectivity index (χ4v) is 3.88. The topological polar surface area (TPSA) is 75.4 Å². The Morgan fingerprint density at radius 2 is 2.28 bits per heavy atom. The summed E-state index contributed by atoms with van der Waals surface area (Å²) in [5.41, 5.74) is 0.464. The Morgan fingerprint density at radius 1 is 1.56 bits per heavy atom. The molecule has 6 nitrogen and oxygen atoms in total. The van der Waals surface area contributed by atoms with E-state index in [-0.39, 0.29) is 17.8 Å². The average Bonchev–Trinajstić information content (AvgIpc) is 2.66. The molecule has 1 aliphatic rings. The maximum Gasteiger partial charge on any atom is 0.220 e. The molecule has 0 amide bonds. The number of nitrogens with zero attached hydrogens (tertiary/aromatic N) is 2. The maximum absolute atomic E-state index is 12.3. The van der Waals surface area contributed by atoms with Crippen LogP contribution in [0.2, 0.25) is 0 Å². The van der Waals surface area contributed by atoms with E-state index < -0.39 is 10.0 Å². The molecule has 102 valence electrons. The number of nitrogens with one attached hydrogen (secondary N) is 1. The fraction of sp³-hybridized carbons (Fsp3) is 0.727. The summed E-state index contributed by atoms with van der Waals surface area (Å²) in [4.78, 5) is 0. The third-order valence-electron chi connectivity index (χ3n) is 3.07. The summed E-state index contributed by atoms with van der Waals surface area (Å²) in [6.07, 6.45) is 0. The molecule has 1 N–H and O–H groups in total. The number of piperazine rings is 1. The number of hydrogen-bond acceptors (Lipinski definition) is 5. The quantitative estimate of drug-likeness (QED) is 0.867. The number of hydrogen-bond donors (Lipinski definition) is 1. The molecule has 0 aromatic carbocycles. The van der Waals surface area contributed by atoms with Crippen molar-refractivity contribution in [1.82, 2.24) is 14.8 Å². The van der Waals surface area contributed by atoms with Gasteiger partial charge in [-0.15, -0.1) is 0 Å². The zero-order chi connectivity index (χ0) is 13.3. The Labute approximate surface area is 107 Å². The first kappa shape index (κ1) is 13.5. The monoisotopic (exact) mass is 273 g/mol. The minimum absolute atomic E-state index is 0.0285. The predicted molar refractivity (Wildman–Crippen MR) is 67.5 cm³/mol. The minimum Gasteiger partial charge on any atom is -0.361 e. The molecule has 2 rings (SSSR count). The molecule has 0 radical (unpaired) electrons. The van der Waals surface area contributed by atoms with Gasteiger partial charge in [0.05, 0.1) is 0 Å². The lowest BCUT2D eigenvalue weighted by Gasteiger charge is -2.36. The second kappa shape index (κ2) is 4.99. The van der Waals surface area contributed by atoms with E-state index in [1.165, 1.54) is 0 Å². The van der Waals surface area contributed by atoms with Crippen LogP contribution in [0.3, 0.4) is 0 Å². The maximum atomic E-state index is 12.3. The molecule has 1 aliphatic heterocycles. The Balaban J connectivity index is 2.14. The van der Waals surface area contributed by atoms with E-state index in [0.29, 0.717) is 24.5 Å². The highest BCUT2D eigenvalue weighted by Crippen LogP contribution is 2.17. The van der Waals surface area contributed by atoms with Crippen LogP contribution >= 0.6 is 0 Å². The highest BCUT2D eigenvalue weighted by molar-refractivity contribution is 7.88. The lowest BCUT2D eigenvalue weighted by atomic mass is 10.2. The van der Waals surface area contributed by atoms with Gasteiger partial charge >= 0.3 is 0 Å². The van der Waals surface area contributed by atoms with E-state index in [1.54, 1.807) is 17.3 Å². The summed E-state index contributed by atoms with van der Waals surface area (Å²) in [7, 11) is -3.33. The van der Waals surface area contributed by atoms with Crippen LogP contribution in [0.4, 0.5) is 0 Å². The van der Waals surface area contributed by atoms with Crippen molar-refractivity contribution in [2.75, 3.05) is 13.1 Å². The number of aromatic nitrogens is 1. The molecule has 2 unspecified atom stereocenters. The molecule has 1 saturated heterocycles. The highest BCUT2D eigenvalue weighted by Gasteiger charge is 2.32. The van der Waals surface area contributed by atoms with Crippen LogP contribution in [0.1, 0.15) is 25.3 Å². The van der Waals surface area contributed by atoms with Gasteiger partial charge in [0.1, 0.15) is 17.2 Å². The van der Waals surface area contributed by atoms with Gasteiger partial charge in [0.25, 0.3) is 0 Å². The molecule has 0 saturated carbocycles. The van der Waals surface area contributed by atoms with E-state index in [9.17, 15) is 8.42 Å². The molecule has 2 heterocycles. The summed E-state index contributed by atoms with van der Waals surface area (Å²) < 4.78 is 31.1. The van der Waals surface area contributed by atoms with Gasteiger partial charge in [0.15, 0.2) is 0 Å². The van der Waals surface area contributed by atoms with Crippen LogP contribution in [-0.4, -0.2) is 43.1 Å². The second-order valence-corrected chi connectivity index (χ2v) is 6.83. The lowest BCUT2D eigenvalue weighted by Crippen LogP contribution is -2.56. The molecule has 0 bridgehead atoms. The van der Waals surface area contributed by atoms with Crippen molar-refractivity contribution in [3.05, 3.63) is 17.5 Å². The fourth-order valence-electron chi connectivity index (χ4n) is 2.13. The molecule has 1 aromatic heterocycles. The molecule has 1 aromatic rings. The highest BCUT2D eigenvalue weighted by atomic mass is 32.2. The second-order valence-electron chi connectivity index (χ2n) is 4.91. The number of aryl methyl sites for hydroxylation is 1. The van der Waals surface area contributed by atoms with E-state index >= 15 is 0 Å². The number of sulfonamides is 1. The zero-order valence-electron chi connectivity index (χ0n) is 10.9. The standard InChI is InChI=1S/C11H19N3O3S/c1-8-6-14(9(2)5-12-8)18(15,16)7-11-4-10(3)17-13-11/h4,8-9,12H,5-7H2,1-3H3. The molecule has 1 fully saturated rings. The summed E-state index contributed by atoms with van der Waals surface area (Å²) in [6.45, 7) is 6.82. The van der Waals surface area contributed by atoms with Gasteiger partial charge in [-0.25, -0.2) is 8.42 Å². The van der Waals surface area contributed by atoms with Gasteiger partial charge in [-0.05, 0) is 20.8 Å². The van der Waals surface area contributed by atoms with Crippen molar-refractivity contribution < 1.29 is 12.9 Å². The van der Waals surface area contributed by atoms with Crippen LogP contribution < -0.4 is 5.32 Å². The van der Waals surface area contributed by atoms with Crippen molar-refractivity contribution in [3.63, 3.8) is 0 Å². The minimum atomic E-state index is -3.33. The molecule has 0 spiro atoms. The Bertz CT molecular complexity index is 511. The van der Waals surface area contributed by atoms with Crippen molar-refractivity contribution >= 4 is 10.0 Å². The molecule has 2 atom stereocenters. The summed E-state index contributed by atoms with van der Waals surface area (Å²) in [6, 6.07) is 1.81. The molecular weight excluding hydrogens is 254 g/mol. The van der Waals surface area contributed by atoms with Gasteiger partial charge in [-0.1, -0.05) is 5.16 Å². The molecule has 7 heteroatoms. The smallest absolute Gasteiger partial charge is 0.220 e. The largest absolute Gasteiger partial charge is 0.361 e. The van der Waals surface area contributed by atoms with E-state index in [1.807, 2.05) is 13.8 Å². The lowest BCUT2D eigenvalue weighted by molar-refractivity contribution is 0.244. The van der Waals surface area contributed by atoms with Gasteiger partial charge in [-0.3, -0.25) is 0 Å². The van der Waals surface area contributed by atoms with E-state index in [0.717, 1.165) is 0 Å². The van der Waals surface area contributed by atoms with Gasteiger partial charge in [0, 0.05) is 31.2 Å². The normalized spacial score (nSPS) is 26.4. The van der Waals surface area contributed by atoms with E-state index in [4.69, 9.17) is 4.52 Å². The predicted octanol–water partition coefficient (Wildman–Crippen LogP) is 0.495. The molecule has 0 aliphatic carbocycles. The van der Waals surface area contributed by atoms with Crippen LogP contribution in [0.15, 0.2) is 10.6 Å². The van der Waals surface area contributed by atoms with E-state index in [2.05, 4.69) is 10.5 Å². The van der Waals surface area contributed by atoms with Crippen molar-refractivity contribution in [2.45, 2.75) is 38.6 Å². The average molecular weight is 273 g/mol. The molecular formula is C11H19N3O3S. The molecule has 18 heavy (non-hydrogen) atoms. The van der Waals surface area contributed by atoms with Crippen LogP contribution in [-0.2, 0) is 15.8 Å². The first-order valence-corrected chi connectivity index (χ1v) is 7.64. The van der Waals surface area contributed by atoms with Crippen molar-refractivity contribution in [1.29, 1.82) is 0 Å². The van der Waals surface area contributed by atoms with Gasteiger partial charge in [0.2, 0.25) is 10.0 Å². The summed E-state index contributed by atoms with van der Waals surface area (Å²) >= 11 is 0. The van der Waals surface area contributed by atoms with Gasteiger partial charge in [-0.2, -0.15) is 4.31 Å². The summed E-state index contributed by atoms with van der Waals surface area (Å²) in [5.74, 6) is 0.531. The Hall–Kier alpha value is -0.920. The van der Waals surface area contributed by atoms with Crippen molar-refractivity contribution in [3.8, 4) is 0 Å².